The van der Waals surface area contributed by atoms with Crippen LogP contribution < -0.4 is 0 Å². The number of piperidine rings is 1. The van der Waals surface area contributed by atoms with E-state index in [-0.39, 0.29) is 12.4 Å². The molecule has 25 heavy (non-hydrogen) atoms. The topological polar surface area (TPSA) is 57.1 Å². The fourth-order valence-electron chi connectivity index (χ4n) is 3.74. The molecule has 0 atom stereocenters. The lowest BCUT2D eigenvalue weighted by Crippen LogP contribution is -2.36. The number of H-pyrrole nitrogens is 1. The molecule has 0 bridgehead atoms. The SMILES string of the molecule is OCCN1CCC(Cn2cc(-c3c[nH]c4cc(F)ccc34)cn2)CC1. The summed E-state index contributed by atoms with van der Waals surface area (Å²) in [5, 5.41) is 14.6. The smallest absolute Gasteiger partial charge is 0.125 e. The van der Waals surface area contributed by atoms with Crippen LogP contribution in [0.25, 0.3) is 22.0 Å². The maximum Gasteiger partial charge on any atom is 0.125 e. The zero-order valence-corrected chi connectivity index (χ0v) is 14.2. The van der Waals surface area contributed by atoms with E-state index in [0.29, 0.717) is 5.92 Å². The minimum absolute atomic E-state index is 0.232. The second-order valence-corrected chi connectivity index (χ2v) is 6.85. The van der Waals surface area contributed by atoms with E-state index in [0.717, 1.165) is 61.1 Å². The number of aromatic amines is 1. The van der Waals surface area contributed by atoms with Crippen LogP contribution in [-0.2, 0) is 6.54 Å². The third-order valence-corrected chi connectivity index (χ3v) is 5.16. The molecular formula is C19H23FN4O. The summed E-state index contributed by atoms with van der Waals surface area (Å²) in [6, 6.07) is 4.82. The van der Waals surface area contributed by atoms with E-state index in [4.69, 9.17) is 5.11 Å². The molecule has 4 rings (SSSR count). The molecule has 0 radical (unpaired) electrons. The molecule has 3 aromatic rings. The fraction of sp³-hybridized carbons (Fsp3) is 0.421. The Hall–Kier alpha value is -2.18. The maximum atomic E-state index is 13.3. The van der Waals surface area contributed by atoms with Crippen molar-refractivity contribution in [3.63, 3.8) is 0 Å². The number of fused-ring (bicyclic) bond motifs is 1. The molecule has 0 unspecified atom stereocenters. The van der Waals surface area contributed by atoms with Crippen molar-refractivity contribution in [2.45, 2.75) is 19.4 Å². The Bertz CT molecular complexity index is 848. The van der Waals surface area contributed by atoms with Crippen LogP contribution in [0.5, 0.6) is 0 Å². The third kappa shape index (κ3) is 3.45. The average molecular weight is 342 g/mol. The summed E-state index contributed by atoms with van der Waals surface area (Å²) < 4.78 is 15.4. The van der Waals surface area contributed by atoms with Gasteiger partial charge < -0.3 is 15.0 Å². The number of hydrogen-bond donors (Lipinski definition) is 2. The molecule has 1 aliphatic rings. The Morgan fingerprint density at radius 3 is 2.92 bits per heavy atom. The summed E-state index contributed by atoms with van der Waals surface area (Å²) in [6.45, 7) is 4.03. The van der Waals surface area contributed by atoms with Crippen LogP contribution in [0, 0.1) is 11.7 Å². The molecule has 1 saturated heterocycles. The number of nitrogens with zero attached hydrogens (tertiary/aromatic N) is 3. The number of nitrogens with one attached hydrogen (secondary N) is 1. The molecule has 0 saturated carbocycles. The van der Waals surface area contributed by atoms with Crippen molar-refractivity contribution in [2.75, 3.05) is 26.2 Å². The predicted molar refractivity (Wildman–Crippen MR) is 95.7 cm³/mol. The minimum Gasteiger partial charge on any atom is -0.395 e. The molecule has 1 fully saturated rings. The normalized spacial score (nSPS) is 16.7. The van der Waals surface area contributed by atoms with Crippen molar-refractivity contribution >= 4 is 10.9 Å². The highest BCUT2D eigenvalue weighted by molar-refractivity contribution is 5.95. The second kappa shape index (κ2) is 6.98. The number of rotatable bonds is 5. The number of aromatic nitrogens is 3. The van der Waals surface area contributed by atoms with Gasteiger partial charge in [0.1, 0.15) is 5.82 Å². The Morgan fingerprint density at radius 1 is 1.28 bits per heavy atom. The first-order chi connectivity index (χ1) is 12.2. The lowest BCUT2D eigenvalue weighted by Gasteiger charge is -2.31. The van der Waals surface area contributed by atoms with Crippen LogP contribution in [0.3, 0.4) is 0 Å². The molecule has 2 N–H and O–H groups in total. The van der Waals surface area contributed by atoms with Crippen molar-refractivity contribution in [1.82, 2.24) is 19.7 Å². The predicted octanol–water partition coefficient (Wildman–Crippen LogP) is 2.87. The van der Waals surface area contributed by atoms with Crippen molar-refractivity contribution in [3.8, 4) is 11.1 Å². The standard InChI is InChI=1S/C19H23FN4O/c20-16-1-2-17-18(11-21-19(17)9-16)15-10-22-24(13-15)12-14-3-5-23(6-4-14)7-8-25/h1-2,9-11,13-14,21,25H,3-8,12H2. The first kappa shape index (κ1) is 16.3. The second-order valence-electron chi connectivity index (χ2n) is 6.85. The van der Waals surface area contributed by atoms with Gasteiger partial charge in [-0.3, -0.25) is 4.68 Å². The quantitative estimate of drug-likeness (QED) is 0.750. The van der Waals surface area contributed by atoms with Crippen LogP contribution in [0.4, 0.5) is 4.39 Å². The summed E-state index contributed by atoms with van der Waals surface area (Å²) in [5.41, 5.74) is 2.91. The summed E-state index contributed by atoms with van der Waals surface area (Å²) in [5.74, 6) is 0.392. The van der Waals surface area contributed by atoms with Gasteiger partial charge in [-0.2, -0.15) is 5.10 Å². The molecule has 1 aliphatic heterocycles. The minimum atomic E-state index is -0.232. The lowest BCUT2D eigenvalue weighted by atomic mass is 9.97. The zero-order chi connectivity index (χ0) is 17.2. The van der Waals surface area contributed by atoms with E-state index in [1.54, 1.807) is 0 Å². The Labute approximate surface area is 146 Å². The summed E-state index contributed by atoms with van der Waals surface area (Å²) in [7, 11) is 0. The summed E-state index contributed by atoms with van der Waals surface area (Å²) in [6.07, 6.45) is 8.15. The number of β-amino-alcohol motifs (C(OH)–C–C–N with tert-alkyl or cyclic N) is 1. The molecule has 5 nitrogen and oxygen atoms in total. The van der Waals surface area contributed by atoms with Gasteiger partial charge in [-0.25, -0.2) is 4.39 Å². The third-order valence-electron chi connectivity index (χ3n) is 5.16. The lowest BCUT2D eigenvalue weighted by molar-refractivity contribution is 0.140. The van der Waals surface area contributed by atoms with Gasteiger partial charge >= 0.3 is 0 Å². The Morgan fingerprint density at radius 2 is 2.12 bits per heavy atom. The first-order valence-corrected chi connectivity index (χ1v) is 8.85. The van der Waals surface area contributed by atoms with Crippen LogP contribution in [0.2, 0.25) is 0 Å². The number of aliphatic hydroxyl groups is 1. The van der Waals surface area contributed by atoms with Gasteiger partial charge in [-0.15, -0.1) is 0 Å². The van der Waals surface area contributed by atoms with Crippen LogP contribution in [-0.4, -0.2) is 51.0 Å². The van der Waals surface area contributed by atoms with Crippen LogP contribution in [0.1, 0.15) is 12.8 Å². The van der Waals surface area contributed by atoms with E-state index in [9.17, 15) is 4.39 Å². The molecule has 6 heteroatoms. The van der Waals surface area contributed by atoms with E-state index in [1.807, 2.05) is 23.1 Å². The number of halogens is 1. The number of benzene rings is 1. The van der Waals surface area contributed by atoms with Gasteiger partial charge in [0, 0.05) is 47.5 Å². The van der Waals surface area contributed by atoms with Crippen molar-refractivity contribution in [2.24, 2.45) is 5.92 Å². The molecule has 3 heterocycles. The van der Waals surface area contributed by atoms with Gasteiger partial charge in [-0.1, -0.05) is 0 Å². The first-order valence-electron chi connectivity index (χ1n) is 8.85. The summed E-state index contributed by atoms with van der Waals surface area (Å²) in [4.78, 5) is 5.45. The fourth-order valence-corrected chi connectivity index (χ4v) is 3.74. The monoisotopic (exact) mass is 342 g/mol. The van der Waals surface area contributed by atoms with E-state index in [1.165, 1.54) is 12.1 Å². The van der Waals surface area contributed by atoms with Crippen LogP contribution >= 0.6 is 0 Å². The maximum absolute atomic E-state index is 13.3. The molecule has 132 valence electrons. The van der Waals surface area contributed by atoms with Gasteiger partial charge in [0.25, 0.3) is 0 Å². The molecule has 2 aromatic heterocycles. The molecule has 1 aromatic carbocycles. The van der Waals surface area contributed by atoms with Crippen LogP contribution in [0.15, 0.2) is 36.8 Å². The number of aliphatic hydroxyl groups excluding tert-OH is 1. The number of likely N-dealkylation sites (tertiary alicyclic amines) is 1. The van der Waals surface area contributed by atoms with Gasteiger partial charge in [-0.05, 0) is 50.0 Å². The van der Waals surface area contributed by atoms with E-state index in [2.05, 4.69) is 21.2 Å². The highest BCUT2D eigenvalue weighted by Crippen LogP contribution is 2.29. The zero-order valence-electron chi connectivity index (χ0n) is 14.2. The Balaban J connectivity index is 1.45. The molecule has 0 spiro atoms. The highest BCUT2D eigenvalue weighted by Gasteiger charge is 2.19. The van der Waals surface area contributed by atoms with Gasteiger partial charge in [0.05, 0.1) is 12.8 Å². The van der Waals surface area contributed by atoms with Gasteiger partial charge in [0.15, 0.2) is 0 Å². The molecule has 0 aliphatic carbocycles. The Kier molecular flexibility index (Phi) is 4.55. The van der Waals surface area contributed by atoms with E-state index >= 15 is 0 Å². The average Bonchev–Trinajstić information content (AvgIpc) is 3.23. The van der Waals surface area contributed by atoms with Crippen molar-refractivity contribution in [3.05, 3.63) is 42.6 Å². The molecule has 0 amide bonds. The van der Waals surface area contributed by atoms with Crippen molar-refractivity contribution < 1.29 is 9.50 Å². The largest absolute Gasteiger partial charge is 0.395 e. The number of hydrogen-bond acceptors (Lipinski definition) is 3. The van der Waals surface area contributed by atoms with Crippen molar-refractivity contribution in [1.29, 1.82) is 0 Å². The van der Waals surface area contributed by atoms with E-state index < -0.39 is 0 Å². The molecular weight excluding hydrogens is 319 g/mol. The summed E-state index contributed by atoms with van der Waals surface area (Å²) >= 11 is 0. The highest BCUT2D eigenvalue weighted by atomic mass is 19.1. The van der Waals surface area contributed by atoms with Gasteiger partial charge in [0.2, 0.25) is 0 Å².